The summed E-state index contributed by atoms with van der Waals surface area (Å²) in [6.07, 6.45) is 0. The lowest BCUT2D eigenvalue weighted by atomic mass is 9.82. The van der Waals surface area contributed by atoms with Gasteiger partial charge in [0.05, 0.1) is 11.0 Å². The summed E-state index contributed by atoms with van der Waals surface area (Å²) in [7, 11) is 0. The minimum absolute atomic E-state index is 0.119. The minimum atomic E-state index is -0.119. The highest BCUT2D eigenvalue weighted by molar-refractivity contribution is 7.26. The molecule has 0 saturated heterocycles. The zero-order valence-electron chi connectivity index (χ0n) is 28.4. The Morgan fingerprint density at radius 2 is 1.16 bits per heavy atom. The van der Waals surface area contributed by atoms with Crippen LogP contribution in [0, 0.1) is 0 Å². The number of thiophene rings is 1. The summed E-state index contributed by atoms with van der Waals surface area (Å²) in [6, 6.07) is 60.9. The van der Waals surface area contributed by atoms with E-state index in [9.17, 15) is 0 Å². The van der Waals surface area contributed by atoms with E-state index in [1.54, 1.807) is 0 Å². The number of fused-ring (bicyclic) bond motifs is 11. The fourth-order valence-corrected chi connectivity index (χ4v) is 10.1. The zero-order chi connectivity index (χ0) is 33.8. The monoisotopic (exact) mass is 667 g/mol. The van der Waals surface area contributed by atoms with Crippen LogP contribution >= 0.6 is 11.3 Å². The number of rotatable bonds is 3. The Morgan fingerprint density at radius 3 is 2.00 bits per heavy atom. The van der Waals surface area contributed by atoms with E-state index in [-0.39, 0.29) is 5.41 Å². The highest BCUT2D eigenvalue weighted by Gasteiger charge is 2.37. The lowest BCUT2D eigenvalue weighted by Crippen LogP contribution is -2.15. The summed E-state index contributed by atoms with van der Waals surface area (Å²) in [4.78, 5) is 0. The summed E-state index contributed by atoms with van der Waals surface area (Å²) < 4.78 is 5.24. The average Bonchev–Trinajstić information content (AvgIpc) is 3.79. The lowest BCUT2D eigenvalue weighted by molar-refractivity contribution is 0.660. The maximum atomic E-state index is 2.49. The molecule has 51 heavy (non-hydrogen) atoms. The third-order valence-electron chi connectivity index (χ3n) is 11.4. The van der Waals surface area contributed by atoms with Crippen molar-refractivity contribution in [2.45, 2.75) is 19.3 Å². The molecule has 0 N–H and O–H groups in total. The Morgan fingerprint density at radius 1 is 0.451 bits per heavy atom. The number of benzene rings is 8. The molecule has 240 valence electrons. The van der Waals surface area contributed by atoms with Gasteiger partial charge in [-0.15, -0.1) is 11.3 Å². The highest BCUT2D eigenvalue weighted by Crippen LogP contribution is 2.54. The van der Waals surface area contributed by atoms with Crippen molar-refractivity contribution in [3.05, 3.63) is 175 Å². The van der Waals surface area contributed by atoms with Crippen molar-refractivity contribution in [3.63, 3.8) is 0 Å². The Bertz CT molecular complexity index is 3040. The molecule has 0 radical (unpaired) electrons. The van der Waals surface area contributed by atoms with Gasteiger partial charge >= 0.3 is 0 Å². The van der Waals surface area contributed by atoms with Gasteiger partial charge in [0.1, 0.15) is 0 Å². The molecule has 0 unspecified atom stereocenters. The predicted molar refractivity (Wildman–Crippen MR) is 220 cm³/mol. The molecule has 0 amide bonds. The van der Waals surface area contributed by atoms with E-state index in [2.05, 4.69) is 182 Å². The normalized spacial score (nSPS) is 13.5. The SMILES string of the molecule is CC1(C)c2cc(-n3c4ccc(-c5ccccc5)cc4c4cc(-c5cccc6ccccc56)ccc43)ccc2-c2c1ccc1c2sc2ccccc21. The fourth-order valence-electron chi connectivity index (χ4n) is 8.88. The second-order valence-corrected chi connectivity index (χ2v) is 15.6. The third-order valence-corrected chi connectivity index (χ3v) is 12.6. The van der Waals surface area contributed by atoms with Crippen molar-refractivity contribution in [1.82, 2.24) is 4.57 Å². The van der Waals surface area contributed by atoms with Crippen LogP contribution in [0.2, 0.25) is 0 Å². The van der Waals surface area contributed by atoms with Crippen LogP contribution in [0.4, 0.5) is 0 Å². The Labute approximate surface area is 300 Å². The number of nitrogens with zero attached hydrogens (tertiary/aromatic N) is 1. The molecule has 2 heterocycles. The van der Waals surface area contributed by atoms with Crippen LogP contribution in [0.15, 0.2) is 164 Å². The molecule has 11 rings (SSSR count). The summed E-state index contributed by atoms with van der Waals surface area (Å²) in [5.74, 6) is 0. The molecule has 1 aliphatic carbocycles. The molecule has 0 aliphatic heterocycles. The summed E-state index contributed by atoms with van der Waals surface area (Å²) in [6.45, 7) is 4.80. The molecule has 0 spiro atoms. The minimum Gasteiger partial charge on any atom is -0.309 e. The van der Waals surface area contributed by atoms with Crippen LogP contribution in [0.25, 0.3) is 91.8 Å². The van der Waals surface area contributed by atoms with E-state index >= 15 is 0 Å². The maximum Gasteiger partial charge on any atom is 0.0541 e. The van der Waals surface area contributed by atoms with E-state index in [1.165, 1.54) is 103 Å². The fraction of sp³-hybridized carbons (Fsp3) is 0.0612. The van der Waals surface area contributed by atoms with Gasteiger partial charge in [-0.05, 0) is 92.2 Å². The van der Waals surface area contributed by atoms with Crippen molar-refractivity contribution in [3.8, 4) is 39.1 Å². The smallest absolute Gasteiger partial charge is 0.0541 e. The quantitative estimate of drug-likeness (QED) is 0.177. The van der Waals surface area contributed by atoms with Gasteiger partial charge < -0.3 is 4.57 Å². The maximum absolute atomic E-state index is 2.49. The standard InChI is InChI=1S/C49H33NS/c1-49(2)42-24-23-38-37-16-8-9-18-46(37)51-48(38)47(42)39-22-21-34(29-43(39)49)50-44-25-19-32(30-11-4-3-5-12-30)27-40(44)41-28-33(20-26-45(41)50)36-17-10-14-31-13-6-7-15-35(31)36/h3-29H,1-2H3. The molecular weight excluding hydrogens is 635 g/mol. The second-order valence-electron chi connectivity index (χ2n) is 14.5. The summed E-state index contributed by atoms with van der Waals surface area (Å²) in [5, 5.41) is 7.79. The lowest BCUT2D eigenvalue weighted by Gasteiger charge is -2.22. The van der Waals surface area contributed by atoms with Crippen LogP contribution in [0.5, 0.6) is 0 Å². The first-order valence-electron chi connectivity index (χ1n) is 17.8. The van der Waals surface area contributed by atoms with E-state index in [4.69, 9.17) is 0 Å². The Balaban J connectivity index is 1.15. The van der Waals surface area contributed by atoms with E-state index in [0.29, 0.717) is 0 Å². The highest BCUT2D eigenvalue weighted by atomic mass is 32.1. The average molecular weight is 668 g/mol. The molecule has 0 bridgehead atoms. The van der Waals surface area contributed by atoms with Crippen molar-refractivity contribution in [2.75, 3.05) is 0 Å². The van der Waals surface area contributed by atoms with Crippen LogP contribution < -0.4 is 0 Å². The molecule has 1 nitrogen and oxygen atoms in total. The van der Waals surface area contributed by atoms with Crippen LogP contribution in [0.1, 0.15) is 25.0 Å². The number of aromatic nitrogens is 1. The predicted octanol–water partition coefficient (Wildman–Crippen LogP) is 13.9. The Hall–Kier alpha value is -5.96. The van der Waals surface area contributed by atoms with E-state index in [0.717, 1.165) is 0 Å². The first-order chi connectivity index (χ1) is 25.0. The van der Waals surface area contributed by atoms with Gasteiger partial charge in [-0.1, -0.05) is 135 Å². The molecule has 2 heteroatoms. The first kappa shape index (κ1) is 28.8. The molecule has 8 aromatic carbocycles. The van der Waals surface area contributed by atoms with E-state index in [1.807, 2.05) is 11.3 Å². The largest absolute Gasteiger partial charge is 0.309 e. The number of hydrogen-bond donors (Lipinski definition) is 0. The van der Waals surface area contributed by atoms with Crippen molar-refractivity contribution in [2.24, 2.45) is 0 Å². The van der Waals surface area contributed by atoms with E-state index < -0.39 is 0 Å². The van der Waals surface area contributed by atoms with Gasteiger partial charge in [-0.2, -0.15) is 0 Å². The zero-order valence-corrected chi connectivity index (χ0v) is 29.3. The summed E-state index contributed by atoms with van der Waals surface area (Å²) >= 11 is 1.93. The van der Waals surface area contributed by atoms with Crippen LogP contribution in [0.3, 0.4) is 0 Å². The van der Waals surface area contributed by atoms with Gasteiger partial charge in [0, 0.05) is 47.6 Å². The molecule has 0 atom stereocenters. The molecule has 0 saturated carbocycles. The Kier molecular flexibility index (Phi) is 5.95. The molecular formula is C49H33NS. The van der Waals surface area contributed by atoms with Crippen molar-refractivity contribution in [1.29, 1.82) is 0 Å². The number of hydrogen-bond acceptors (Lipinski definition) is 1. The van der Waals surface area contributed by atoms with Gasteiger partial charge in [0.25, 0.3) is 0 Å². The molecule has 2 aromatic heterocycles. The molecule has 1 aliphatic rings. The van der Waals surface area contributed by atoms with Crippen LogP contribution in [-0.4, -0.2) is 4.57 Å². The third kappa shape index (κ3) is 4.08. The summed E-state index contributed by atoms with van der Waals surface area (Å²) in [5.41, 5.74) is 14.1. The molecule has 10 aromatic rings. The van der Waals surface area contributed by atoms with Crippen LogP contribution in [-0.2, 0) is 5.41 Å². The van der Waals surface area contributed by atoms with Gasteiger partial charge in [0.15, 0.2) is 0 Å². The topological polar surface area (TPSA) is 4.93 Å². The first-order valence-corrected chi connectivity index (χ1v) is 18.6. The van der Waals surface area contributed by atoms with Crippen molar-refractivity contribution < 1.29 is 0 Å². The van der Waals surface area contributed by atoms with Crippen molar-refractivity contribution >= 4 is 64.1 Å². The molecule has 0 fully saturated rings. The van der Waals surface area contributed by atoms with Gasteiger partial charge in [0.2, 0.25) is 0 Å². The van der Waals surface area contributed by atoms with Gasteiger partial charge in [-0.3, -0.25) is 0 Å². The van der Waals surface area contributed by atoms with Gasteiger partial charge in [-0.25, -0.2) is 0 Å². The second kappa shape index (κ2) is 10.5.